The molecule has 0 radical (unpaired) electrons. The maximum atomic E-state index is 12.0. The topological polar surface area (TPSA) is 93.2 Å². The number of hydrogen-bond donors (Lipinski definition) is 2. The Morgan fingerprint density at radius 1 is 1.52 bits per heavy atom. The molecule has 9 heteroatoms. The number of carbonyl (C=O) groups excluding carboxylic acids is 2. The molecule has 1 amide bonds. The molecule has 0 saturated carbocycles. The lowest BCUT2D eigenvalue weighted by Gasteiger charge is -2.20. The standard InChI is InChI=1S/C12H18N4O3S2/c1-2-19-9(17)7-20-12-16-15-11(21-12)14-10(18)8-4-3-5-13-6-8/h8,13H,2-7H2,1H3,(H,14,15,18). The Morgan fingerprint density at radius 2 is 2.38 bits per heavy atom. The lowest BCUT2D eigenvalue weighted by atomic mass is 9.99. The molecule has 0 bridgehead atoms. The number of thioether (sulfide) groups is 1. The quantitative estimate of drug-likeness (QED) is 0.459. The highest BCUT2D eigenvalue weighted by Crippen LogP contribution is 2.26. The van der Waals surface area contributed by atoms with Crippen molar-refractivity contribution in [1.82, 2.24) is 15.5 Å². The number of amides is 1. The molecule has 1 aromatic rings. The highest BCUT2D eigenvalue weighted by atomic mass is 32.2. The molecule has 1 aliphatic rings. The van der Waals surface area contributed by atoms with Gasteiger partial charge in [0.05, 0.1) is 18.3 Å². The van der Waals surface area contributed by atoms with Crippen LogP contribution in [0.25, 0.3) is 0 Å². The van der Waals surface area contributed by atoms with Crippen LogP contribution in [0.15, 0.2) is 4.34 Å². The predicted molar refractivity (Wildman–Crippen MR) is 81.5 cm³/mol. The van der Waals surface area contributed by atoms with Gasteiger partial charge in [-0.15, -0.1) is 10.2 Å². The van der Waals surface area contributed by atoms with Gasteiger partial charge in [0.25, 0.3) is 0 Å². The molecule has 116 valence electrons. The fraction of sp³-hybridized carbons (Fsp3) is 0.667. The molecule has 0 aliphatic carbocycles. The van der Waals surface area contributed by atoms with Crippen molar-refractivity contribution in [3.63, 3.8) is 0 Å². The largest absolute Gasteiger partial charge is 0.465 e. The van der Waals surface area contributed by atoms with Crippen LogP contribution in [0.3, 0.4) is 0 Å². The van der Waals surface area contributed by atoms with Gasteiger partial charge in [0, 0.05) is 6.54 Å². The number of nitrogens with one attached hydrogen (secondary N) is 2. The van der Waals surface area contributed by atoms with Crippen molar-refractivity contribution in [1.29, 1.82) is 0 Å². The number of carbonyl (C=O) groups is 2. The Hall–Kier alpha value is -1.19. The van der Waals surface area contributed by atoms with E-state index < -0.39 is 0 Å². The normalized spacial score (nSPS) is 18.2. The Balaban J connectivity index is 1.79. The minimum Gasteiger partial charge on any atom is -0.465 e. The molecule has 21 heavy (non-hydrogen) atoms. The van der Waals surface area contributed by atoms with Gasteiger partial charge >= 0.3 is 5.97 Å². The smallest absolute Gasteiger partial charge is 0.316 e. The van der Waals surface area contributed by atoms with E-state index in [-0.39, 0.29) is 23.5 Å². The second-order valence-electron chi connectivity index (χ2n) is 4.50. The average Bonchev–Trinajstić information content (AvgIpc) is 2.94. The second-order valence-corrected chi connectivity index (χ2v) is 6.70. The minimum atomic E-state index is -0.281. The number of esters is 1. The van der Waals surface area contributed by atoms with Crippen molar-refractivity contribution in [3.8, 4) is 0 Å². The summed E-state index contributed by atoms with van der Waals surface area (Å²) in [6.45, 7) is 3.81. The second kappa shape index (κ2) is 8.30. The Bertz CT molecular complexity index is 489. The number of ether oxygens (including phenoxy) is 1. The zero-order valence-corrected chi connectivity index (χ0v) is 13.4. The van der Waals surface area contributed by atoms with Crippen molar-refractivity contribution < 1.29 is 14.3 Å². The molecule has 7 nitrogen and oxygen atoms in total. The molecular formula is C12H18N4O3S2. The van der Waals surface area contributed by atoms with Crippen LogP contribution in [0.5, 0.6) is 0 Å². The number of anilines is 1. The Kier molecular flexibility index (Phi) is 6.40. The molecule has 0 aromatic carbocycles. The molecule has 1 unspecified atom stereocenters. The monoisotopic (exact) mass is 330 g/mol. The van der Waals surface area contributed by atoms with E-state index in [1.54, 1.807) is 6.92 Å². The first-order valence-corrected chi connectivity index (χ1v) is 8.62. The van der Waals surface area contributed by atoms with Crippen LogP contribution in [0, 0.1) is 5.92 Å². The van der Waals surface area contributed by atoms with Crippen molar-refractivity contribution in [3.05, 3.63) is 0 Å². The Labute approximate surface area is 131 Å². The molecular weight excluding hydrogens is 312 g/mol. The van der Waals surface area contributed by atoms with Crippen molar-refractivity contribution in [2.24, 2.45) is 5.92 Å². The third kappa shape index (κ3) is 5.25. The van der Waals surface area contributed by atoms with Crippen LogP contribution in [0.4, 0.5) is 5.13 Å². The summed E-state index contributed by atoms with van der Waals surface area (Å²) in [5.41, 5.74) is 0. The Morgan fingerprint density at radius 3 is 3.10 bits per heavy atom. The summed E-state index contributed by atoms with van der Waals surface area (Å²) in [7, 11) is 0. The summed E-state index contributed by atoms with van der Waals surface area (Å²) in [4.78, 5) is 23.3. The molecule has 1 atom stereocenters. The van der Waals surface area contributed by atoms with Gasteiger partial charge in [0.1, 0.15) is 0 Å². The summed E-state index contributed by atoms with van der Waals surface area (Å²) < 4.78 is 5.47. The maximum Gasteiger partial charge on any atom is 0.316 e. The average molecular weight is 330 g/mol. The van der Waals surface area contributed by atoms with Gasteiger partial charge in [-0.25, -0.2) is 0 Å². The van der Waals surface area contributed by atoms with E-state index in [0.29, 0.717) is 22.6 Å². The highest BCUT2D eigenvalue weighted by Gasteiger charge is 2.22. The van der Waals surface area contributed by atoms with Gasteiger partial charge in [0.2, 0.25) is 11.0 Å². The van der Waals surface area contributed by atoms with Crippen molar-refractivity contribution in [2.45, 2.75) is 24.1 Å². The van der Waals surface area contributed by atoms with Gasteiger partial charge in [-0.05, 0) is 26.3 Å². The van der Waals surface area contributed by atoms with Crippen LogP contribution in [0.2, 0.25) is 0 Å². The highest BCUT2D eigenvalue weighted by molar-refractivity contribution is 8.01. The first kappa shape index (κ1) is 16.2. The first-order valence-electron chi connectivity index (χ1n) is 6.82. The molecule has 1 aliphatic heterocycles. The zero-order valence-electron chi connectivity index (χ0n) is 11.8. The van der Waals surface area contributed by atoms with Gasteiger partial charge in [-0.2, -0.15) is 0 Å². The van der Waals surface area contributed by atoms with E-state index in [1.807, 2.05) is 0 Å². The van der Waals surface area contributed by atoms with Gasteiger partial charge in [-0.3, -0.25) is 9.59 Å². The van der Waals surface area contributed by atoms with Crippen LogP contribution >= 0.6 is 23.1 Å². The van der Waals surface area contributed by atoms with E-state index >= 15 is 0 Å². The molecule has 2 heterocycles. The number of aromatic nitrogens is 2. The van der Waals surface area contributed by atoms with E-state index in [2.05, 4.69) is 20.8 Å². The SMILES string of the molecule is CCOC(=O)CSc1nnc(NC(=O)C2CCCNC2)s1. The van der Waals surface area contributed by atoms with Crippen LogP contribution in [-0.4, -0.2) is 47.5 Å². The third-order valence-electron chi connectivity index (χ3n) is 2.92. The predicted octanol–water partition coefficient (Wildman–Crippen LogP) is 1.13. The molecule has 0 spiro atoms. The molecule has 2 rings (SSSR count). The first-order chi connectivity index (χ1) is 10.2. The van der Waals surface area contributed by atoms with Gasteiger partial charge in [0.15, 0.2) is 4.34 Å². The number of hydrogen-bond acceptors (Lipinski definition) is 8. The molecule has 2 N–H and O–H groups in total. The van der Waals surface area contributed by atoms with E-state index in [9.17, 15) is 9.59 Å². The van der Waals surface area contributed by atoms with Crippen LogP contribution in [-0.2, 0) is 14.3 Å². The van der Waals surface area contributed by atoms with E-state index in [1.165, 1.54) is 23.1 Å². The third-order valence-corrected chi connectivity index (χ3v) is 4.87. The minimum absolute atomic E-state index is 0.0155. The lowest BCUT2D eigenvalue weighted by molar-refractivity contribution is -0.139. The summed E-state index contributed by atoms with van der Waals surface area (Å²) >= 11 is 2.52. The fourth-order valence-electron chi connectivity index (χ4n) is 1.92. The van der Waals surface area contributed by atoms with Crippen molar-refractivity contribution in [2.75, 3.05) is 30.8 Å². The van der Waals surface area contributed by atoms with E-state index in [0.717, 1.165) is 19.4 Å². The summed E-state index contributed by atoms with van der Waals surface area (Å²) in [6, 6.07) is 0. The maximum absolute atomic E-state index is 12.0. The van der Waals surface area contributed by atoms with Gasteiger partial charge in [-0.1, -0.05) is 23.1 Å². The van der Waals surface area contributed by atoms with Gasteiger partial charge < -0.3 is 15.4 Å². The van der Waals surface area contributed by atoms with Crippen LogP contribution in [0.1, 0.15) is 19.8 Å². The van der Waals surface area contributed by atoms with Crippen LogP contribution < -0.4 is 10.6 Å². The van der Waals surface area contributed by atoms with E-state index in [4.69, 9.17) is 4.74 Å². The molecule has 1 saturated heterocycles. The number of nitrogens with zero attached hydrogens (tertiary/aromatic N) is 2. The number of piperidine rings is 1. The van der Waals surface area contributed by atoms with Crippen molar-refractivity contribution >= 4 is 40.1 Å². The molecule has 1 fully saturated rings. The summed E-state index contributed by atoms with van der Waals surface area (Å²) in [6.07, 6.45) is 1.90. The molecule has 1 aromatic heterocycles. The summed E-state index contributed by atoms with van der Waals surface area (Å²) in [5.74, 6) is -0.127. The fourth-order valence-corrected chi connectivity index (χ4v) is 3.48. The number of rotatable bonds is 6. The lowest BCUT2D eigenvalue weighted by Crippen LogP contribution is -2.37. The zero-order chi connectivity index (χ0) is 15.1. The summed E-state index contributed by atoms with van der Waals surface area (Å²) in [5, 5.41) is 14.3.